The zero-order valence-electron chi connectivity index (χ0n) is 14.9. The van der Waals surface area contributed by atoms with Crippen molar-refractivity contribution in [3.63, 3.8) is 0 Å². The van der Waals surface area contributed by atoms with Gasteiger partial charge < -0.3 is 10.1 Å². The number of aromatic nitrogens is 4. The number of nitrogens with one attached hydrogen (secondary N) is 2. The fraction of sp³-hybridized carbons (Fsp3) is 0.250. The van der Waals surface area contributed by atoms with Crippen molar-refractivity contribution in [3.05, 3.63) is 59.5 Å². The Morgan fingerprint density at radius 2 is 2.12 bits per heavy atom. The third kappa shape index (κ3) is 3.23. The molecule has 0 radical (unpaired) electrons. The lowest BCUT2D eigenvalue weighted by molar-refractivity contribution is 0.210. The number of fused-ring (bicyclic) bond motifs is 2. The third-order valence-corrected chi connectivity index (χ3v) is 4.39. The van der Waals surface area contributed by atoms with Crippen LogP contribution in [-0.4, -0.2) is 40.4 Å². The number of pyridine rings is 2. The van der Waals surface area contributed by atoms with Crippen LogP contribution < -0.4 is 5.32 Å². The number of hydrogen-bond acceptors (Lipinski definition) is 5. The van der Waals surface area contributed by atoms with E-state index in [1.165, 1.54) is 10.9 Å². The van der Waals surface area contributed by atoms with Crippen LogP contribution in [-0.2, 0) is 11.2 Å². The van der Waals surface area contributed by atoms with Crippen molar-refractivity contribution < 1.29 is 4.74 Å². The van der Waals surface area contributed by atoms with Crippen LogP contribution in [0.15, 0.2) is 42.6 Å². The number of hydrogen-bond donors (Lipinski definition) is 2. The summed E-state index contributed by atoms with van der Waals surface area (Å²) in [5.41, 5.74) is 5.06. The molecular formula is C20H21N5O. The number of ether oxygens (including phenoxy) is 1. The van der Waals surface area contributed by atoms with E-state index in [1.54, 1.807) is 13.3 Å². The van der Waals surface area contributed by atoms with Gasteiger partial charge in [0.2, 0.25) is 0 Å². The lowest BCUT2D eigenvalue weighted by Crippen LogP contribution is -2.09. The second kappa shape index (κ2) is 7.09. The molecule has 0 saturated heterocycles. The number of H-pyrrole nitrogens is 1. The molecule has 0 amide bonds. The molecule has 0 aliphatic rings. The average Bonchev–Trinajstić information content (AvgIpc) is 3.04. The Morgan fingerprint density at radius 1 is 1.19 bits per heavy atom. The van der Waals surface area contributed by atoms with E-state index in [0.717, 1.165) is 46.6 Å². The van der Waals surface area contributed by atoms with Crippen LogP contribution in [0.4, 0.5) is 5.82 Å². The molecule has 1 aromatic carbocycles. The quantitative estimate of drug-likeness (QED) is 0.522. The first-order valence-electron chi connectivity index (χ1n) is 8.65. The molecule has 0 atom stereocenters. The summed E-state index contributed by atoms with van der Waals surface area (Å²) in [7, 11) is 1.70. The maximum Gasteiger partial charge on any atom is 0.134 e. The molecule has 0 unspecified atom stereocenters. The van der Waals surface area contributed by atoms with E-state index in [9.17, 15) is 0 Å². The Balaban J connectivity index is 1.67. The summed E-state index contributed by atoms with van der Waals surface area (Å²) in [5.74, 6) is 0.900. The zero-order chi connectivity index (χ0) is 17.9. The van der Waals surface area contributed by atoms with Crippen molar-refractivity contribution in [2.24, 2.45) is 0 Å². The minimum Gasteiger partial charge on any atom is -0.383 e. The van der Waals surface area contributed by atoms with Crippen LogP contribution in [0.25, 0.3) is 21.8 Å². The minimum absolute atomic E-state index is 0.648. The van der Waals surface area contributed by atoms with Gasteiger partial charge in [-0.05, 0) is 36.1 Å². The number of aromatic amines is 1. The summed E-state index contributed by atoms with van der Waals surface area (Å²) >= 11 is 0. The average molecular weight is 347 g/mol. The summed E-state index contributed by atoms with van der Waals surface area (Å²) in [6.45, 7) is 3.39. The predicted octanol–water partition coefficient (Wildman–Crippen LogP) is 3.46. The number of methoxy groups -OCH3 is 1. The van der Waals surface area contributed by atoms with Gasteiger partial charge in [0, 0.05) is 37.4 Å². The molecule has 6 nitrogen and oxygen atoms in total. The molecule has 0 aliphatic heterocycles. The van der Waals surface area contributed by atoms with Crippen LogP contribution in [0, 0.1) is 6.92 Å². The minimum atomic E-state index is 0.648. The summed E-state index contributed by atoms with van der Waals surface area (Å²) in [5, 5.41) is 13.1. The highest BCUT2D eigenvalue weighted by atomic mass is 16.5. The first-order chi connectivity index (χ1) is 12.7. The van der Waals surface area contributed by atoms with Crippen molar-refractivity contribution in [2.75, 3.05) is 25.6 Å². The molecule has 0 aliphatic carbocycles. The highest BCUT2D eigenvalue weighted by Crippen LogP contribution is 2.25. The molecule has 3 aromatic heterocycles. The van der Waals surface area contributed by atoms with Crippen LogP contribution in [0.3, 0.4) is 0 Å². The topological polar surface area (TPSA) is 75.7 Å². The van der Waals surface area contributed by atoms with E-state index >= 15 is 0 Å². The van der Waals surface area contributed by atoms with Gasteiger partial charge >= 0.3 is 0 Å². The van der Waals surface area contributed by atoms with E-state index in [0.29, 0.717) is 6.61 Å². The maximum absolute atomic E-state index is 5.11. The smallest absolute Gasteiger partial charge is 0.134 e. The van der Waals surface area contributed by atoms with Crippen molar-refractivity contribution in [1.82, 2.24) is 20.2 Å². The third-order valence-electron chi connectivity index (χ3n) is 4.39. The molecule has 132 valence electrons. The SMILES string of the molecule is COCCNc1nc(C)cc2cc(Cc3[nH]nc4cccnc34)ccc12. The Bertz CT molecular complexity index is 1060. The lowest BCUT2D eigenvalue weighted by atomic mass is 10.0. The molecule has 2 N–H and O–H groups in total. The number of rotatable bonds is 6. The van der Waals surface area contributed by atoms with Crippen molar-refractivity contribution in [1.29, 1.82) is 0 Å². The fourth-order valence-electron chi connectivity index (χ4n) is 3.18. The van der Waals surface area contributed by atoms with E-state index in [2.05, 4.69) is 49.7 Å². The Morgan fingerprint density at radius 3 is 3.00 bits per heavy atom. The fourth-order valence-corrected chi connectivity index (χ4v) is 3.18. The molecule has 0 fully saturated rings. The highest BCUT2D eigenvalue weighted by molar-refractivity contribution is 5.92. The van der Waals surface area contributed by atoms with E-state index < -0.39 is 0 Å². The van der Waals surface area contributed by atoms with Gasteiger partial charge in [-0.2, -0.15) is 5.10 Å². The van der Waals surface area contributed by atoms with Gasteiger partial charge in [0.15, 0.2) is 0 Å². The number of benzene rings is 1. The molecule has 0 bridgehead atoms. The van der Waals surface area contributed by atoms with Crippen LogP contribution in [0.2, 0.25) is 0 Å². The monoisotopic (exact) mass is 347 g/mol. The molecule has 4 rings (SSSR count). The van der Waals surface area contributed by atoms with E-state index in [4.69, 9.17) is 4.74 Å². The standard InChI is InChI=1S/C20H21N5O/c1-13-10-15-11-14(5-6-16(15)20(23-13)22-8-9-26-2)12-18-19-17(24-25-18)4-3-7-21-19/h3-7,10-11H,8-9,12H2,1-2H3,(H,22,23)(H,24,25). The van der Waals surface area contributed by atoms with Gasteiger partial charge in [0.25, 0.3) is 0 Å². The van der Waals surface area contributed by atoms with Crippen molar-refractivity contribution in [2.45, 2.75) is 13.3 Å². The van der Waals surface area contributed by atoms with Gasteiger partial charge in [0.1, 0.15) is 16.9 Å². The zero-order valence-corrected chi connectivity index (χ0v) is 14.9. The largest absolute Gasteiger partial charge is 0.383 e. The molecule has 3 heterocycles. The summed E-state index contributed by atoms with van der Waals surface area (Å²) < 4.78 is 5.11. The summed E-state index contributed by atoms with van der Waals surface area (Å²) in [6, 6.07) is 12.5. The Kier molecular flexibility index (Phi) is 4.50. The van der Waals surface area contributed by atoms with Crippen molar-refractivity contribution in [3.8, 4) is 0 Å². The Labute approximate surface area is 151 Å². The molecule has 26 heavy (non-hydrogen) atoms. The van der Waals surface area contributed by atoms with Gasteiger partial charge in [-0.1, -0.05) is 18.2 Å². The van der Waals surface area contributed by atoms with E-state index in [1.807, 2.05) is 19.1 Å². The van der Waals surface area contributed by atoms with Crippen LogP contribution >= 0.6 is 0 Å². The number of aryl methyl sites for hydroxylation is 1. The van der Waals surface area contributed by atoms with E-state index in [-0.39, 0.29) is 0 Å². The molecule has 6 heteroatoms. The van der Waals surface area contributed by atoms with Gasteiger partial charge in [0.05, 0.1) is 12.3 Å². The normalized spacial score (nSPS) is 11.3. The first-order valence-corrected chi connectivity index (χ1v) is 8.65. The van der Waals surface area contributed by atoms with Gasteiger partial charge in [-0.25, -0.2) is 4.98 Å². The summed E-state index contributed by atoms with van der Waals surface area (Å²) in [6.07, 6.45) is 2.56. The van der Waals surface area contributed by atoms with Crippen LogP contribution in [0.5, 0.6) is 0 Å². The predicted molar refractivity (Wildman–Crippen MR) is 104 cm³/mol. The second-order valence-corrected chi connectivity index (χ2v) is 6.34. The van der Waals surface area contributed by atoms with Crippen molar-refractivity contribution >= 4 is 27.6 Å². The molecular weight excluding hydrogens is 326 g/mol. The highest BCUT2D eigenvalue weighted by Gasteiger charge is 2.09. The van der Waals surface area contributed by atoms with Gasteiger partial charge in [-0.3, -0.25) is 10.1 Å². The molecule has 4 aromatic rings. The first kappa shape index (κ1) is 16.5. The molecule has 0 saturated carbocycles. The summed E-state index contributed by atoms with van der Waals surface area (Å²) in [4.78, 5) is 9.07. The number of nitrogens with zero attached hydrogens (tertiary/aromatic N) is 3. The van der Waals surface area contributed by atoms with Gasteiger partial charge in [-0.15, -0.1) is 0 Å². The number of anilines is 1. The maximum atomic E-state index is 5.11. The van der Waals surface area contributed by atoms with Crippen LogP contribution in [0.1, 0.15) is 17.0 Å². The molecule has 0 spiro atoms. The Hall–Kier alpha value is -2.99. The second-order valence-electron chi connectivity index (χ2n) is 6.34. The lowest BCUT2D eigenvalue weighted by Gasteiger charge is -2.11.